The molecule has 1 heterocycles. The third kappa shape index (κ3) is 2.93. The number of anilines is 1. The molecule has 2 rings (SSSR count). The van der Waals surface area contributed by atoms with E-state index in [1.807, 2.05) is 6.92 Å². The maximum Gasteiger partial charge on any atom is 0.300 e. The average Bonchev–Trinajstić information content (AvgIpc) is 2.82. The van der Waals surface area contributed by atoms with E-state index in [2.05, 4.69) is 19.6 Å². The van der Waals surface area contributed by atoms with Crippen LogP contribution in [0.5, 0.6) is 0 Å². The van der Waals surface area contributed by atoms with Gasteiger partial charge in [-0.3, -0.25) is 9.82 Å². The van der Waals surface area contributed by atoms with Gasteiger partial charge in [-0.25, -0.2) is 0 Å². The van der Waals surface area contributed by atoms with Crippen molar-refractivity contribution in [1.82, 2.24) is 14.9 Å². The van der Waals surface area contributed by atoms with Crippen molar-refractivity contribution in [2.24, 2.45) is 0 Å². The van der Waals surface area contributed by atoms with E-state index >= 15 is 0 Å². The molecule has 3 N–H and O–H groups in total. The van der Waals surface area contributed by atoms with Crippen LogP contribution in [0.1, 0.15) is 25.5 Å². The molecule has 0 bridgehead atoms. The highest BCUT2D eigenvalue weighted by Crippen LogP contribution is 2.20. The molecule has 0 amide bonds. The van der Waals surface area contributed by atoms with Gasteiger partial charge in [-0.05, 0) is 19.3 Å². The summed E-state index contributed by atoms with van der Waals surface area (Å²) in [5, 5.41) is 6.59. The zero-order valence-electron chi connectivity index (χ0n) is 8.45. The Morgan fingerprint density at radius 3 is 2.87 bits per heavy atom. The fraction of sp³-hybridized carbons (Fsp3) is 0.625. The van der Waals surface area contributed by atoms with Crippen LogP contribution in [0.3, 0.4) is 0 Å². The van der Waals surface area contributed by atoms with Crippen LogP contribution in [0.4, 0.5) is 5.82 Å². The Hall–Kier alpha value is -1.08. The molecule has 1 saturated carbocycles. The SMILES string of the molecule is CCc1cc(NS(=O)(=O)NC2CC2)n[nH]1. The Bertz CT molecular complexity index is 435. The summed E-state index contributed by atoms with van der Waals surface area (Å²) in [5.74, 6) is 0.333. The van der Waals surface area contributed by atoms with Gasteiger partial charge in [-0.1, -0.05) is 6.92 Å². The van der Waals surface area contributed by atoms with Gasteiger partial charge in [0.2, 0.25) is 0 Å². The highest BCUT2D eigenvalue weighted by atomic mass is 32.2. The lowest BCUT2D eigenvalue weighted by Crippen LogP contribution is -2.31. The van der Waals surface area contributed by atoms with Gasteiger partial charge in [0.15, 0.2) is 5.82 Å². The van der Waals surface area contributed by atoms with E-state index in [9.17, 15) is 8.42 Å². The second-order valence-electron chi connectivity index (χ2n) is 3.63. The molecule has 0 aromatic carbocycles. The summed E-state index contributed by atoms with van der Waals surface area (Å²) in [7, 11) is -3.45. The summed E-state index contributed by atoms with van der Waals surface area (Å²) in [6, 6.07) is 1.79. The summed E-state index contributed by atoms with van der Waals surface area (Å²) >= 11 is 0. The highest BCUT2D eigenvalue weighted by Gasteiger charge is 2.27. The monoisotopic (exact) mass is 230 g/mol. The van der Waals surface area contributed by atoms with Crippen LogP contribution in [0, 0.1) is 0 Å². The molecule has 1 aromatic rings. The summed E-state index contributed by atoms with van der Waals surface area (Å²) in [6.07, 6.45) is 2.63. The first-order valence-electron chi connectivity index (χ1n) is 4.93. The van der Waals surface area contributed by atoms with E-state index in [1.54, 1.807) is 6.07 Å². The molecule has 0 spiro atoms. The number of hydrogen-bond acceptors (Lipinski definition) is 3. The first-order chi connectivity index (χ1) is 7.09. The fourth-order valence-electron chi connectivity index (χ4n) is 1.18. The number of hydrogen-bond donors (Lipinski definition) is 3. The molecular weight excluding hydrogens is 216 g/mol. The van der Waals surface area contributed by atoms with Crippen molar-refractivity contribution in [3.8, 4) is 0 Å². The van der Waals surface area contributed by atoms with Crippen molar-refractivity contribution < 1.29 is 8.42 Å². The first-order valence-corrected chi connectivity index (χ1v) is 6.42. The third-order valence-corrected chi connectivity index (χ3v) is 3.27. The van der Waals surface area contributed by atoms with E-state index in [-0.39, 0.29) is 6.04 Å². The number of nitrogens with one attached hydrogen (secondary N) is 3. The number of H-pyrrole nitrogens is 1. The summed E-state index contributed by atoms with van der Waals surface area (Å²) in [4.78, 5) is 0. The zero-order valence-corrected chi connectivity index (χ0v) is 9.26. The zero-order chi connectivity index (χ0) is 10.9. The normalized spacial score (nSPS) is 16.6. The molecule has 1 aromatic heterocycles. The summed E-state index contributed by atoms with van der Waals surface area (Å²) in [5.41, 5.74) is 0.902. The van der Waals surface area contributed by atoms with Gasteiger partial charge in [-0.15, -0.1) is 0 Å². The number of aromatic amines is 1. The van der Waals surface area contributed by atoms with Crippen LogP contribution in [0.15, 0.2) is 6.07 Å². The fourth-order valence-corrected chi connectivity index (χ4v) is 2.30. The summed E-state index contributed by atoms with van der Waals surface area (Å²) in [6.45, 7) is 1.97. The molecule has 84 valence electrons. The molecule has 0 unspecified atom stereocenters. The van der Waals surface area contributed by atoms with E-state index < -0.39 is 10.2 Å². The van der Waals surface area contributed by atoms with Crippen LogP contribution in [-0.2, 0) is 16.6 Å². The predicted molar refractivity (Wildman–Crippen MR) is 56.7 cm³/mol. The van der Waals surface area contributed by atoms with Gasteiger partial charge in [0.05, 0.1) is 0 Å². The van der Waals surface area contributed by atoms with Crippen molar-refractivity contribution >= 4 is 16.0 Å². The van der Waals surface area contributed by atoms with Crippen molar-refractivity contribution in [2.45, 2.75) is 32.2 Å². The minimum absolute atomic E-state index is 0.104. The highest BCUT2D eigenvalue weighted by molar-refractivity contribution is 7.90. The first kappa shape index (κ1) is 10.4. The van der Waals surface area contributed by atoms with Crippen LogP contribution in [0.25, 0.3) is 0 Å². The lowest BCUT2D eigenvalue weighted by atomic mass is 10.3. The predicted octanol–water partition coefficient (Wildman–Crippen LogP) is 0.381. The van der Waals surface area contributed by atoms with Crippen molar-refractivity contribution in [3.05, 3.63) is 11.8 Å². The Balaban J connectivity index is 2.00. The van der Waals surface area contributed by atoms with E-state index in [1.165, 1.54) is 0 Å². The summed E-state index contributed by atoms with van der Waals surface area (Å²) < 4.78 is 27.8. The minimum atomic E-state index is -3.45. The second kappa shape index (κ2) is 3.82. The van der Waals surface area contributed by atoms with E-state index in [0.717, 1.165) is 25.0 Å². The van der Waals surface area contributed by atoms with E-state index in [0.29, 0.717) is 5.82 Å². The van der Waals surface area contributed by atoms with Crippen LogP contribution < -0.4 is 9.44 Å². The standard InChI is InChI=1S/C8H14N4O2S/c1-2-6-5-8(10-9-6)12-15(13,14)11-7-3-4-7/h5,7,11H,2-4H2,1H3,(H2,9,10,12). The molecule has 15 heavy (non-hydrogen) atoms. The largest absolute Gasteiger partial charge is 0.300 e. The third-order valence-electron chi connectivity index (χ3n) is 2.15. The van der Waals surface area contributed by atoms with Crippen molar-refractivity contribution in [1.29, 1.82) is 0 Å². The molecule has 1 aliphatic rings. The molecule has 0 radical (unpaired) electrons. The van der Waals surface area contributed by atoms with E-state index in [4.69, 9.17) is 0 Å². The molecule has 0 aliphatic heterocycles. The Morgan fingerprint density at radius 1 is 1.60 bits per heavy atom. The molecule has 0 saturated heterocycles. The quantitative estimate of drug-likeness (QED) is 0.683. The number of rotatable bonds is 5. The topological polar surface area (TPSA) is 86.9 Å². The average molecular weight is 230 g/mol. The second-order valence-corrected chi connectivity index (χ2v) is 5.08. The number of aryl methyl sites for hydroxylation is 1. The number of aromatic nitrogens is 2. The van der Waals surface area contributed by atoms with Gasteiger partial charge in [0.1, 0.15) is 0 Å². The Labute approximate surface area is 88.6 Å². The van der Waals surface area contributed by atoms with Gasteiger partial charge in [0.25, 0.3) is 0 Å². The molecular formula is C8H14N4O2S. The molecule has 6 nitrogen and oxygen atoms in total. The molecule has 7 heteroatoms. The van der Waals surface area contributed by atoms with Gasteiger partial charge >= 0.3 is 10.2 Å². The molecule has 1 fully saturated rings. The van der Waals surface area contributed by atoms with Crippen LogP contribution in [0.2, 0.25) is 0 Å². The van der Waals surface area contributed by atoms with Crippen molar-refractivity contribution in [2.75, 3.05) is 4.72 Å². The van der Waals surface area contributed by atoms with Gasteiger partial charge in [0, 0.05) is 17.8 Å². The number of nitrogens with zero attached hydrogens (tertiary/aromatic N) is 1. The van der Waals surface area contributed by atoms with Crippen molar-refractivity contribution in [3.63, 3.8) is 0 Å². The smallest absolute Gasteiger partial charge is 0.280 e. The minimum Gasteiger partial charge on any atom is -0.280 e. The van der Waals surface area contributed by atoms with Crippen LogP contribution >= 0.6 is 0 Å². The maximum atomic E-state index is 11.5. The maximum absolute atomic E-state index is 11.5. The van der Waals surface area contributed by atoms with Crippen LogP contribution in [-0.4, -0.2) is 24.7 Å². The van der Waals surface area contributed by atoms with Gasteiger partial charge < -0.3 is 0 Å². The lowest BCUT2D eigenvalue weighted by molar-refractivity contribution is 0.586. The molecule has 0 atom stereocenters. The Morgan fingerprint density at radius 2 is 2.33 bits per heavy atom. The van der Waals surface area contributed by atoms with Gasteiger partial charge in [-0.2, -0.15) is 18.2 Å². The Kier molecular flexibility index (Phi) is 2.66. The molecule has 1 aliphatic carbocycles. The lowest BCUT2D eigenvalue weighted by Gasteiger charge is -2.04.